The van der Waals surface area contributed by atoms with Crippen LogP contribution in [0.1, 0.15) is 101 Å². The minimum absolute atomic E-state index is 0.128. The van der Waals surface area contributed by atoms with Crippen molar-refractivity contribution in [3.8, 4) is 0 Å². The monoisotopic (exact) mass is 521 g/mol. The predicted molar refractivity (Wildman–Crippen MR) is 161 cm³/mol. The lowest BCUT2D eigenvalue weighted by atomic mass is 9.60. The van der Waals surface area contributed by atoms with E-state index in [2.05, 4.69) is 95.0 Å². The van der Waals surface area contributed by atoms with Crippen LogP contribution in [0.3, 0.4) is 0 Å². The number of hydrogen-bond acceptors (Lipinski definition) is 3. The number of fused-ring (bicyclic) bond motifs is 1. The molecule has 0 bridgehead atoms. The zero-order valence-corrected chi connectivity index (χ0v) is 23.8. The minimum atomic E-state index is -0.275. The summed E-state index contributed by atoms with van der Waals surface area (Å²) in [4.78, 5) is 29.1. The van der Waals surface area contributed by atoms with Crippen LogP contribution in [0.5, 0.6) is 0 Å². The van der Waals surface area contributed by atoms with Crippen LogP contribution in [0.25, 0.3) is 6.08 Å². The molecular weight excluding hydrogens is 490 g/mol. The Morgan fingerprint density at radius 1 is 0.525 bits per heavy atom. The second-order valence-electron chi connectivity index (χ2n) is 13.3. The van der Waals surface area contributed by atoms with Crippen LogP contribution < -0.4 is 4.90 Å². The van der Waals surface area contributed by atoms with E-state index in [-0.39, 0.29) is 33.4 Å². The smallest absolute Gasteiger partial charge is 0.197 e. The van der Waals surface area contributed by atoms with Crippen molar-refractivity contribution in [2.75, 3.05) is 4.90 Å². The van der Waals surface area contributed by atoms with Crippen molar-refractivity contribution in [1.29, 1.82) is 0 Å². The molecule has 3 aliphatic heterocycles. The first-order chi connectivity index (χ1) is 19.0. The summed E-state index contributed by atoms with van der Waals surface area (Å²) < 4.78 is 0. The SMILES string of the molecule is CC1(C)c2cccc3c2N2c4c1cccc4C(C)(C)c1cc(C=C4C(=O)c5ccccc5C4=O)cc(c12)C3(C)C. The third kappa shape index (κ3) is 2.57. The van der Waals surface area contributed by atoms with E-state index in [1.54, 1.807) is 12.1 Å². The average Bonchev–Trinajstić information content (AvgIpc) is 3.16. The lowest BCUT2D eigenvalue weighted by Crippen LogP contribution is -2.43. The number of rotatable bonds is 1. The van der Waals surface area contributed by atoms with Gasteiger partial charge in [0.2, 0.25) is 0 Å². The second kappa shape index (κ2) is 7.09. The number of carbonyl (C=O) groups excluding carboxylic acids is 2. The molecule has 1 aliphatic carbocycles. The molecule has 196 valence electrons. The van der Waals surface area contributed by atoms with E-state index in [1.807, 2.05) is 18.2 Å². The summed E-state index contributed by atoms with van der Waals surface area (Å²) in [5, 5.41) is 0. The standard InChI is InChI=1S/C37H31NO2/c1-35(2)24-13-9-15-26-30(24)38-31-25(35)14-10-16-27(31)37(5,6)29-19-20(18-28(32(29)38)36(26,3)4)17-23-33(39)21-11-7-8-12-22(21)34(23)40/h7-19H,1-6H3. The van der Waals surface area contributed by atoms with E-state index in [4.69, 9.17) is 0 Å². The number of carbonyl (C=O) groups is 2. The fourth-order valence-corrected chi connectivity index (χ4v) is 7.86. The number of para-hydroxylation sites is 2. The van der Waals surface area contributed by atoms with Crippen LogP contribution in [0.4, 0.5) is 17.1 Å². The molecule has 0 atom stereocenters. The number of anilines is 3. The molecule has 0 aromatic heterocycles. The van der Waals surface area contributed by atoms with E-state index >= 15 is 0 Å². The van der Waals surface area contributed by atoms with Crippen molar-refractivity contribution in [2.45, 2.75) is 57.8 Å². The Kier molecular flexibility index (Phi) is 4.19. The number of allylic oxidation sites excluding steroid dienone is 1. The highest BCUT2D eigenvalue weighted by molar-refractivity contribution is 6.41. The molecular formula is C37H31NO2. The predicted octanol–water partition coefficient (Wildman–Crippen LogP) is 8.54. The summed E-state index contributed by atoms with van der Waals surface area (Å²) in [6.07, 6.45) is 1.82. The first kappa shape index (κ1) is 23.6. The number of benzene rings is 4. The summed E-state index contributed by atoms with van der Waals surface area (Å²) in [7, 11) is 0. The molecule has 4 aromatic rings. The summed E-state index contributed by atoms with van der Waals surface area (Å²) in [5.41, 5.74) is 13.1. The van der Waals surface area contributed by atoms with Crippen molar-refractivity contribution < 1.29 is 9.59 Å². The molecule has 0 saturated heterocycles. The summed E-state index contributed by atoms with van der Waals surface area (Å²) >= 11 is 0. The lowest BCUT2D eigenvalue weighted by molar-refractivity contribution is 0.0990. The van der Waals surface area contributed by atoms with Crippen LogP contribution >= 0.6 is 0 Å². The van der Waals surface area contributed by atoms with E-state index in [0.717, 1.165) is 5.56 Å². The Bertz CT molecular complexity index is 1790. The zero-order chi connectivity index (χ0) is 27.9. The first-order valence-electron chi connectivity index (χ1n) is 14.1. The first-order valence-corrected chi connectivity index (χ1v) is 14.1. The van der Waals surface area contributed by atoms with Crippen LogP contribution in [0.2, 0.25) is 0 Å². The molecule has 3 heteroatoms. The topological polar surface area (TPSA) is 37.4 Å². The van der Waals surface area contributed by atoms with Crippen molar-refractivity contribution in [1.82, 2.24) is 0 Å². The Labute approximate surface area is 235 Å². The number of hydrogen-bond donors (Lipinski definition) is 0. The summed E-state index contributed by atoms with van der Waals surface area (Å²) in [6.45, 7) is 13.9. The highest BCUT2D eigenvalue weighted by Crippen LogP contribution is 2.66. The number of nitrogens with zero attached hydrogens (tertiary/aromatic N) is 1. The third-order valence-corrected chi connectivity index (χ3v) is 10.1. The molecule has 3 heterocycles. The van der Waals surface area contributed by atoms with Gasteiger partial charge in [0.15, 0.2) is 11.6 Å². The average molecular weight is 522 g/mol. The maximum absolute atomic E-state index is 13.3. The Morgan fingerprint density at radius 2 is 0.900 bits per heavy atom. The minimum Gasteiger partial charge on any atom is -0.309 e. The molecule has 4 aliphatic rings. The molecule has 0 saturated carbocycles. The van der Waals surface area contributed by atoms with Crippen LogP contribution in [0, 0.1) is 0 Å². The summed E-state index contributed by atoms with van der Waals surface area (Å²) in [6, 6.07) is 25.1. The fraction of sp³-hybridized carbons (Fsp3) is 0.243. The number of Topliss-reactive ketones (excluding diaryl/α,β-unsaturated/α-hetero) is 2. The van der Waals surface area contributed by atoms with Gasteiger partial charge in [-0.05, 0) is 57.2 Å². The Balaban J connectivity index is 1.45. The molecule has 0 unspecified atom stereocenters. The van der Waals surface area contributed by atoms with Crippen LogP contribution in [-0.2, 0) is 16.2 Å². The van der Waals surface area contributed by atoms with E-state index in [0.29, 0.717) is 11.1 Å². The molecule has 40 heavy (non-hydrogen) atoms. The lowest BCUT2D eigenvalue weighted by Gasteiger charge is -2.55. The van der Waals surface area contributed by atoms with Gasteiger partial charge in [0.25, 0.3) is 0 Å². The van der Waals surface area contributed by atoms with Crippen molar-refractivity contribution in [2.24, 2.45) is 0 Å². The molecule has 0 amide bonds. The van der Waals surface area contributed by atoms with Gasteiger partial charge in [0.05, 0.1) is 22.6 Å². The van der Waals surface area contributed by atoms with Gasteiger partial charge in [-0.15, -0.1) is 0 Å². The largest absolute Gasteiger partial charge is 0.309 e. The quantitative estimate of drug-likeness (QED) is 0.186. The molecule has 0 fully saturated rings. The van der Waals surface area contributed by atoms with E-state index in [1.165, 1.54) is 50.4 Å². The number of ketones is 2. The third-order valence-electron chi connectivity index (χ3n) is 10.1. The highest BCUT2D eigenvalue weighted by Gasteiger charge is 2.51. The van der Waals surface area contributed by atoms with E-state index < -0.39 is 0 Å². The zero-order valence-electron chi connectivity index (χ0n) is 23.8. The Morgan fingerprint density at radius 3 is 1.32 bits per heavy atom. The van der Waals surface area contributed by atoms with Gasteiger partial charge in [0, 0.05) is 27.4 Å². The van der Waals surface area contributed by atoms with Crippen molar-refractivity contribution >= 4 is 34.7 Å². The molecule has 8 rings (SSSR count). The van der Waals surface area contributed by atoms with Gasteiger partial charge in [-0.3, -0.25) is 9.59 Å². The van der Waals surface area contributed by atoms with Crippen LogP contribution in [-0.4, -0.2) is 11.6 Å². The maximum atomic E-state index is 13.3. The van der Waals surface area contributed by atoms with Gasteiger partial charge in [-0.25, -0.2) is 0 Å². The van der Waals surface area contributed by atoms with Crippen molar-refractivity contribution in [3.05, 3.63) is 128 Å². The maximum Gasteiger partial charge on any atom is 0.197 e. The van der Waals surface area contributed by atoms with E-state index in [9.17, 15) is 9.59 Å². The van der Waals surface area contributed by atoms with Gasteiger partial charge in [-0.1, -0.05) is 102 Å². The van der Waals surface area contributed by atoms with Gasteiger partial charge in [0.1, 0.15) is 0 Å². The summed E-state index contributed by atoms with van der Waals surface area (Å²) in [5.74, 6) is -0.373. The normalized spacial score (nSPS) is 19.4. The van der Waals surface area contributed by atoms with Gasteiger partial charge < -0.3 is 4.90 Å². The van der Waals surface area contributed by atoms with Crippen molar-refractivity contribution in [3.63, 3.8) is 0 Å². The van der Waals surface area contributed by atoms with Gasteiger partial charge >= 0.3 is 0 Å². The highest BCUT2D eigenvalue weighted by atomic mass is 16.2. The van der Waals surface area contributed by atoms with Gasteiger partial charge in [-0.2, -0.15) is 0 Å². The van der Waals surface area contributed by atoms with Crippen LogP contribution in [0.15, 0.2) is 78.4 Å². The molecule has 4 aromatic carbocycles. The fourth-order valence-electron chi connectivity index (χ4n) is 7.86. The molecule has 0 spiro atoms. The molecule has 0 radical (unpaired) electrons. The molecule has 0 N–H and O–H groups in total. The molecule has 3 nitrogen and oxygen atoms in total. The Hall–Kier alpha value is -4.24. The second-order valence-corrected chi connectivity index (χ2v) is 13.3.